The summed E-state index contributed by atoms with van der Waals surface area (Å²) in [4.78, 5) is 15.1. The van der Waals surface area contributed by atoms with Crippen molar-refractivity contribution < 1.29 is 18.7 Å². The van der Waals surface area contributed by atoms with E-state index in [1.807, 2.05) is 0 Å². The van der Waals surface area contributed by atoms with E-state index in [0.717, 1.165) is 6.07 Å². The van der Waals surface area contributed by atoms with E-state index in [0.29, 0.717) is 11.8 Å². The number of nitrogens with two attached hydrogens (primary N) is 1. The maximum atomic E-state index is 13.8. The summed E-state index contributed by atoms with van der Waals surface area (Å²) in [5, 5.41) is 13.2. The van der Waals surface area contributed by atoms with Crippen molar-refractivity contribution in [3.05, 3.63) is 59.4 Å². The molecule has 2 rings (SSSR count). The fraction of sp³-hybridized carbons (Fsp3) is 0.200. The van der Waals surface area contributed by atoms with Crippen molar-refractivity contribution in [1.82, 2.24) is 4.98 Å². The van der Waals surface area contributed by atoms with Crippen LogP contribution in [0.1, 0.15) is 22.8 Å². The molecule has 116 valence electrons. The van der Waals surface area contributed by atoms with Crippen molar-refractivity contribution in [2.75, 3.05) is 11.9 Å². The molecule has 0 spiro atoms. The molecule has 7 heteroatoms. The zero-order valence-corrected chi connectivity index (χ0v) is 11.8. The second kappa shape index (κ2) is 6.07. The van der Waals surface area contributed by atoms with Gasteiger partial charge in [-0.25, -0.2) is 8.78 Å². The fourth-order valence-corrected chi connectivity index (χ4v) is 2.03. The minimum atomic E-state index is -1.62. The molecular formula is C15H15F2N3O2. The minimum Gasteiger partial charge on any atom is -0.383 e. The molecule has 1 aromatic heterocycles. The van der Waals surface area contributed by atoms with Crippen molar-refractivity contribution in [2.45, 2.75) is 12.5 Å². The topological polar surface area (TPSA) is 88.2 Å². The van der Waals surface area contributed by atoms with Gasteiger partial charge in [0.05, 0.1) is 11.3 Å². The number of hydrogen-bond acceptors (Lipinski definition) is 4. The Morgan fingerprint density at radius 1 is 1.41 bits per heavy atom. The Morgan fingerprint density at radius 2 is 2.14 bits per heavy atom. The van der Waals surface area contributed by atoms with E-state index in [1.165, 1.54) is 31.5 Å². The number of nitrogens with zero attached hydrogens (tertiary/aromatic N) is 1. The molecule has 0 aliphatic heterocycles. The van der Waals surface area contributed by atoms with Gasteiger partial charge in [0.15, 0.2) is 0 Å². The van der Waals surface area contributed by atoms with Gasteiger partial charge in [-0.2, -0.15) is 0 Å². The van der Waals surface area contributed by atoms with E-state index in [9.17, 15) is 18.7 Å². The molecule has 1 unspecified atom stereocenters. The number of rotatable bonds is 5. The lowest BCUT2D eigenvalue weighted by molar-refractivity contribution is 0.0673. The standard InChI is InChI=1S/C15H15F2N3O2/c1-15(22,11-3-2-9(16)6-12(11)17)8-20-13-4-5-19-7-10(13)14(18)21/h2-7,22H,8H2,1H3,(H2,18,21)(H,19,20). The van der Waals surface area contributed by atoms with E-state index >= 15 is 0 Å². The summed E-state index contributed by atoms with van der Waals surface area (Å²) in [6.45, 7) is 1.27. The number of primary amides is 1. The van der Waals surface area contributed by atoms with Crippen LogP contribution in [0.5, 0.6) is 0 Å². The molecule has 0 aliphatic rings. The summed E-state index contributed by atoms with van der Waals surface area (Å²) in [5.74, 6) is -2.25. The monoisotopic (exact) mass is 307 g/mol. The number of pyridine rings is 1. The van der Waals surface area contributed by atoms with E-state index in [1.54, 1.807) is 0 Å². The van der Waals surface area contributed by atoms with Crippen LogP contribution in [0.4, 0.5) is 14.5 Å². The fourth-order valence-electron chi connectivity index (χ4n) is 2.03. The zero-order valence-electron chi connectivity index (χ0n) is 11.8. The van der Waals surface area contributed by atoms with Crippen LogP contribution in [0, 0.1) is 11.6 Å². The van der Waals surface area contributed by atoms with E-state index in [4.69, 9.17) is 5.73 Å². The Kier molecular flexibility index (Phi) is 4.37. The smallest absolute Gasteiger partial charge is 0.252 e. The maximum absolute atomic E-state index is 13.8. The summed E-state index contributed by atoms with van der Waals surface area (Å²) in [5.41, 5.74) is 4.07. The van der Waals surface area contributed by atoms with Crippen LogP contribution in [0.2, 0.25) is 0 Å². The Bertz CT molecular complexity index is 705. The number of halogens is 2. The lowest BCUT2D eigenvalue weighted by Crippen LogP contribution is -2.32. The molecule has 4 N–H and O–H groups in total. The minimum absolute atomic E-state index is 0.0592. The van der Waals surface area contributed by atoms with Crippen LogP contribution in [-0.4, -0.2) is 22.5 Å². The molecule has 1 atom stereocenters. The van der Waals surface area contributed by atoms with Crippen molar-refractivity contribution in [3.8, 4) is 0 Å². The van der Waals surface area contributed by atoms with Crippen LogP contribution in [-0.2, 0) is 5.60 Å². The van der Waals surface area contributed by atoms with Crippen molar-refractivity contribution in [2.24, 2.45) is 5.73 Å². The number of hydrogen-bond donors (Lipinski definition) is 3. The molecular weight excluding hydrogens is 292 g/mol. The highest BCUT2D eigenvalue weighted by atomic mass is 19.1. The van der Waals surface area contributed by atoms with Crippen LogP contribution in [0.15, 0.2) is 36.7 Å². The maximum Gasteiger partial charge on any atom is 0.252 e. The van der Waals surface area contributed by atoms with Gasteiger partial charge in [-0.1, -0.05) is 6.07 Å². The number of carbonyl (C=O) groups is 1. The highest BCUT2D eigenvalue weighted by molar-refractivity contribution is 5.98. The van der Waals surface area contributed by atoms with E-state index in [-0.39, 0.29) is 17.7 Å². The molecule has 0 saturated heterocycles. The summed E-state index contributed by atoms with van der Waals surface area (Å²) in [6, 6.07) is 4.45. The summed E-state index contributed by atoms with van der Waals surface area (Å²) in [6.07, 6.45) is 2.74. The first-order valence-corrected chi connectivity index (χ1v) is 6.47. The highest BCUT2D eigenvalue weighted by Crippen LogP contribution is 2.25. The van der Waals surface area contributed by atoms with Gasteiger partial charge in [0.1, 0.15) is 17.2 Å². The van der Waals surface area contributed by atoms with Crippen molar-refractivity contribution >= 4 is 11.6 Å². The summed E-state index contributed by atoms with van der Waals surface area (Å²) in [7, 11) is 0. The largest absolute Gasteiger partial charge is 0.383 e. The van der Waals surface area contributed by atoms with Gasteiger partial charge in [0, 0.05) is 30.6 Å². The molecule has 5 nitrogen and oxygen atoms in total. The molecule has 0 fully saturated rings. The van der Waals surface area contributed by atoms with Crippen LogP contribution in [0.25, 0.3) is 0 Å². The SMILES string of the molecule is CC(O)(CNc1ccncc1C(N)=O)c1ccc(F)cc1F. The number of anilines is 1. The predicted molar refractivity (Wildman–Crippen MR) is 77.2 cm³/mol. The molecule has 1 aromatic carbocycles. The van der Waals surface area contributed by atoms with Crippen molar-refractivity contribution in [3.63, 3.8) is 0 Å². The average Bonchev–Trinajstić information content (AvgIpc) is 2.45. The third-order valence-electron chi connectivity index (χ3n) is 3.22. The molecule has 22 heavy (non-hydrogen) atoms. The number of amides is 1. The third kappa shape index (κ3) is 3.37. The predicted octanol–water partition coefficient (Wildman–Crippen LogP) is 1.78. The van der Waals surface area contributed by atoms with E-state index < -0.39 is 23.1 Å². The van der Waals surface area contributed by atoms with Gasteiger partial charge in [-0.05, 0) is 19.1 Å². The lowest BCUT2D eigenvalue weighted by atomic mass is 9.95. The number of benzene rings is 1. The van der Waals surface area contributed by atoms with Gasteiger partial charge in [0.25, 0.3) is 5.91 Å². The first-order chi connectivity index (χ1) is 10.3. The molecule has 0 bridgehead atoms. The van der Waals surface area contributed by atoms with Gasteiger partial charge >= 0.3 is 0 Å². The zero-order chi connectivity index (χ0) is 16.3. The molecule has 0 radical (unpaired) electrons. The second-order valence-corrected chi connectivity index (χ2v) is 5.04. The first-order valence-electron chi connectivity index (χ1n) is 6.47. The Balaban J connectivity index is 2.21. The first kappa shape index (κ1) is 15.8. The highest BCUT2D eigenvalue weighted by Gasteiger charge is 2.27. The quantitative estimate of drug-likeness (QED) is 0.785. The van der Waals surface area contributed by atoms with E-state index in [2.05, 4.69) is 10.3 Å². The third-order valence-corrected chi connectivity index (χ3v) is 3.22. The summed E-state index contributed by atoms with van der Waals surface area (Å²) < 4.78 is 26.7. The Hall–Kier alpha value is -2.54. The molecule has 1 heterocycles. The Morgan fingerprint density at radius 3 is 2.77 bits per heavy atom. The summed E-state index contributed by atoms with van der Waals surface area (Å²) >= 11 is 0. The van der Waals surface area contributed by atoms with Crippen LogP contribution >= 0.6 is 0 Å². The number of carbonyl (C=O) groups excluding carboxylic acids is 1. The normalized spacial score (nSPS) is 13.5. The molecule has 2 aromatic rings. The average molecular weight is 307 g/mol. The van der Waals surface area contributed by atoms with Crippen molar-refractivity contribution in [1.29, 1.82) is 0 Å². The molecule has 1 amide bonds. The van der Waals surface area contributed by atoms with Crippen LogP contribution in [0.3, 0.4) is 0 Å². The number of aromatic nitrogens is 1. The van der Waals surface area contributed by atoms with Gasteiger partial charge < -0.3 is 16.2 Å². The number of nitrogens with one attached hydrogen (secondary N) is 1. The van der Waals surface area contributed by atoms with Gasteiger partial charge in [0.2, 0.25) is 0 Å². The molecule has 0 aliphatic carbocycles. The molecule has 0 saturated carbocycles. The lowest BCUT2D eigenvalue weighted by Gasteiger charge is -2.25. The van der Waals surface area contributed by atoms with Gasteiger partial charge in [-0.3, -0.25) is 9.78 Å². The van der Waals surface area contributed by atoms with Gasteiger partial charge in [-0.15, -0.1) is 0 Å². The Labute approximate surface area is 125 Å². The van der Waals surface area contributed by atoms with Crippen LogP contribution < -0.4 is 11.1 Å². The second-order valence-electron chi connectivity index (χ2n) is 5.04. The number of aliphatic hydroxyl groups is 1.